The second-order valence-corrected chi connectivity index (χ2v) is 5.81. The van der Waals surface area contributed by atoms with E-state index in [1.54, 1.807) is 36.4 Å². The maximum Gasteiger partial charge on any atom is 0.211 e. The third-order valence-corrected chi connectivity index (χ3v) is 4.01. The summed E-state index contributed by atoms with van der Waals surface area (Å²) in [5, 5.41) is 6.09. The average molecular weight is 335 g/mol. The van der Waals surface area contributed by atoms with Crippen LogP contribution >= 0.6 is 11.6 Å². The number of benzene rings is 2. The number of carbonyl (C=O) groups excluding carboxylic acids is 1. The first kappa shape index (κ1) is 17.4. The standard InChI is InChI=1S/C13H9ClFNO.C5H11N/c14-11-6-2-1-4-9(11)10-5-3-7-12(13(10)15)16-8-17;1-5-3-2-4-6-5/h1-8H,(H,16,17);5-6H,2-4H2,1H3. The number of halogens is 2. The van der Waals surface area contributed by atoms with Crippen molar-refractivity contribution < 1.29 is 9.18 Å². The fraction of sp³-hybridized carbons (Fsp3) is 0.278. The van der Waals surface area contributed by atoms with Gasteiger partial charge < -0.3 is 10.6 Å². The first-order chi connectivity index (χ1) is 11.1. The van der Waals surface area contributed by atoms with Crippen LogP contribution < -0.4 is 10.6 Å². The van der Waals surface area contributed by atoms with Crippen molar-refractivity contribution in [3.8, 4) is 11.1 Å². The summed E-state index contributed by atoms with van der Waals surface area (Å²) in [7, 11) is 0. The van der Waals surface area contributed by atoms with Crippen molar-refractivity contribution in [3.63, 3.8) is 0 Å². The molecule has 3 rings (SSSR count). The normalized spacial score (nSPS) is 16.4. The molecule has 1 saturated heterocycles. The van der Waals surface area contributed by atoms with Gasteiger partial charge in [0.15, 0.2) is 5.82 Å². The predicted molar refractivity (Wildman–Crippen MR) is 93.2 cm³/mol. The Morgan fingerprint density at radius 2 is 1.96 bits per heavy atom. The van der Waals surface area contributed by atoms with Crippen molar-refractivity contribution in [2.75, 3.05) is 11.9 Å². The molecule has 1 heterocycles. The highest BCUT2D eigenvalue weighted by atomic mass is 35.5. The number of rotatable bonds is 3. The van der Waals surface area contributed by atoms with Gasteiger partial charge in [-0.25, -0.2) is 4.39 Å². The lowest BCUT2D eigenvalue weighted by Crippen LogP contribution is -2.16. The molecule has 1 unspecified atom stereocenters. The second-order valence-electron chi connectivity index (χ2n) is 5.41. The van der Waals surface area contributed by atoms with E-state index in [0.29, 0.717) is 22.6 Å². The summed E-state index contributed by atoms with van der Waals surface area (Å²) >= 11 is 6.00. The molecule has 23 heavy (non-hydrogen) atoms. The molecule has 122 valence electrons. The van der Waals surface area contributed by atoms with Gasteiger partial charge in [0.05, 0.1) is 5.69 Å². The van der Waals surface area contributed by atoms with Gasteiger partial charge in [0.25, 0.3) is 0 Å². The van der Waals surface area contributed by atoms with Crippen LogP contribution in [0.25, 0.3) is 11.1 Å². The molecule has 1 aliphatic heterocycles. The van der Waals surface area contributed by atoms with Gasteiger partial charge in [-0.05, 0) is 38.4 Å². The Hall–Kier alpha value is -1.91. The van der Waals surface area contributed by atoms with Gasteiger partial charge in [-0.3, -0.25) is 4.79 Å². The molecule has 0 bridgehead atoms. The molecule has 2 aromatic rings. The zero-order valence-corrected chi connectivity index (χ0v) is 13.7. The summed E-state index contributed by atoms with van der Waals surface area (Å²) in [5.41, 5.74) is 1.10. The van der Waals surface area contributed by atoms with E-state index >= 15 is 0 Å². The molecule has 2 aromatic carbocycles. The van der Waals surface area contributed by atoms with E-state index in [4.69, 9.17) is 11.6 Å². The number of carbonyl (C=O) groups is 1. The van der Waals surface area contributed by atoms with Crippen LogP contribution in [-0.4, -0.2) is 19.0 Å². The van der Waals surface area contributed by atoms with Crippen molar-refractivity contribution in [1.82, 2.24) is 5.32 Å². The van der Waals surface area contributed by atoms with Crippen LogP contribution in [0.3, 0.4) is 0 Å². The van der Waals surface area contributed by atoms with Gasteiger partial charge in [0, 0.05) is 22.2 Å². The second kappa shape index (κ2) is 8.65. The van der Waals surface area contributed by atoms with Crippen LogP contribution in [0.4, 0.5) is 10.1 Å². The predicted octanol–water partition coefficient (Wildman–Crippen LogP) is 4.47. The molecule has 0 aromatic heterocycles. The molecule has 1 atom stereocenters. The lowest BCUT2D eigenvalue weighted by Gasteiger charge is -2.08. The highest BCUT2D eigenvalue weighted by Gasteiger charge is 2.11. The topological polar surface area (TPSA) is 41.1 Å². The minimum Gasteiger partial charge on any atom is -0.326 e. The fourth-order valence-corrected chi connectivity index (χ4v) is 2.69. The van der Waals surface area contributed by atoms with E-state index in [-0.39, 0.29) is 5.69 Å². The van der Waals surface area contributed by atoms with Crippen molar-refractivity contribution in [1.29, 1.82) is 0 Å². The third kappa shape index (κ3) is 4.78. The van der Waals surface area contributed by atoms with Gasteiger partial charge in [-0.15, -0.1) is 0 Å². The van der Waals surface area contributed by atoms with Crippen molar-refractivity contribution >= 4 is 23.7 Å². The van der Waals surface area contributed by atoms with Crippen LogP contribution in [0.1, 0.15) is 19.8 Å². The number of nitrogens with one attached hydrogen (secondary N) is 2. The zero-order chi connectivity index (χ0) is 16.7. The van der Waals surface area contributed by atoms with Crippen LogP contribution in [0.15, 0.2) is 42.5 Å². The van der Waals surface area contributed by atoms with Gasteiger partial charge >= 0.3 is 0 Å². The summed E-state index contributed by atoms with van der Waals surface area (Å²) < 4.78 is 14.0. The Balaban J connectivity index is 0.000000268. The molecule has 1 amide bonds. The summed E-state index contributed by atoms with van der Waals surface area (Å²) in [6.07, 6.45) is 3.19. The molecule has 1 fully saturated rings. The minimum absolute atomic E-state index is 0.136. The lowest BCUT2D eigenvalue weighted by atomic mass is 10.0. The Bertz CT molecular complexity index is 657. The number of anilines is 1. The molecule has 5 heteroatoms. The molecule has 1 aliphatic rings. The number of hydrogen-bond donors (Lipinski definition) is 2. The van der Waals surface area contributed by atoms with E-state index in [0.717, 1.165) is 6.04 Å². The third-order valence-electron chi connectivity index (χ3n) is 3.68. The Morgan fingerprint density at radius 1 is 1.22 bits per heavy atom. The van der Waals surface area contributed by atoms with Crippen molar-refractivity contribution in [2.45, 2.75) is 25.8 Å². The number of amides is 1. The zero-order valence-electron chi connectivity index (χ0n) is 13.0. The lowest BCUT2D eigenvalue weighted by molar-refractivity contribution is -0.105. The highest BCUT2D eigenvalue weighted by molar-refractivity contribution is 6.33. The van der Waals surface area contributed by atoms with Gasteiger partial charge in [0.2, 0.25) is 6.41 Å². The molecule has 3 nitrogen and oxygen atoms in total. The SMILES string of the molecule is CC1CCCN1.O=CNc1cccc(-c2ccccc2Cl)c1F. The first-order valence-corrected chi connectivity index (χ1v) is 7.98. The summed E-state index contributed by atoms with van der Waals surface area (Å²) in [5.74, 6) is -0.493. The van der Waals surface area contributed by atoms with E-state index in [9.17, 15) is 9.18 Å². The maximum atomic E-state index is 14.0. The Labute approximate surface area is 140 Å². The smallest absolute Gasteiger partial charge is 0.211 e. The minimum atomic E-state index is -0.493. The van der Waals surface area contributed by atoms with E-state index in [1.807, 2.05) is 0 Å². The molecule has 0 radical (unpaired) electrons. The van der Waals surface area contributed by atoms with Crippen molar-refractivity contribution in [2.24, 2.45) is 0 Å². The van der Waals surface area contributed by atoms with Gasteiger partial charge in [-0.1, -0.05) is 41.9 Å². The monoisotopic (exact) mass is 334 g/mol. The Morgan fingerprint density at radius 3 is 2.52 bits per heavy atom. The first-order valence-electron chi connectivity index (χ1n) is 7.60. The fourth-order valence-electron chi connectivity index (χ4n) is 2.45. The Kier molecular flexibility index (Phi) is 6.56. The quantitative estimate of drug-likeness (QED) is 0.813. The van der Waals surface area contributed by atoms with Gasteiger partial charge in [-0.2, -0.15) is 0 Å². The van der Waals surface area contributed by atoms with Crippen LogP contribution in [0, 0.1) is 5.82 Å². The van der Waals surface area contributed by atoms with Crippen LogP contribution in [0.2, 0.25) is 5.02 Å². The highest BCUT2D eigenvalue weighted by Crippen LogP contribution is 2.32. The maximum absolute atomic E-state index is 14.0. The molecule has 0 spiro atoms. The van der Waals surface area contributed by atoms with Crippen LogP contribution in [0.5, 0.6) is 0 Å². The molecule has 0 saturated carbocycles. The summed E-state index contributed by atoms with van der Waals surface area (Å²) in [6.45, 7) is 3.47. The summed E-state index contributed by atoms with van der Waals surface area (Å²) in [4.78, 5) is 10.3. The van der Waals surface area contributed by atoms with Crippen LogP contribution in [-0.2, 0) is 4.79 Å². The van der Waals surface area contributed by atoms with E-state index in [2.05, 4.69) is 17.6 Å². The van der Waals surface area contributed by atoms with E-state index in [1.165, 1.54) is 25.5 Å². The largest absolute Gasteiger partial charge is 0.326 e. The van der Waals surface area contributed by atoms with E-state index < -0.39 is 5.82 Å². The molecular formula is C18H20ClFN2O. The number of hydrogen-bond acceptors (Lipinski definition) is 2. The summed E-state index contributed by atoms with van der Waals surface area (Å²) in [6, 6.07) is 12.5. The van der Waals surface area contributed by atoms with Gasteiger partial charge in [0.1, 0.15) is 0 Å². The molecule has 0 aliphatic carbocycles. The van der Waals surface area contributed by atoms with Crippen molar-refractivity contribution in [3.05, 3.63) is 53.3 Å². The molecular weight excluding hydrogens is 315 g/mol. The molecule has 2 N–H and O–H groups in total. The average Bonchev–Trinajstić information content (AvgIpc) is 3.02.